The van der Waals surface area contributed by atoms with Crippen molar-refractivity contribution in [2.24, 2.45) is 0 Å². The first-order valence-electron chi connectivity index (χ1n) is 7.12. The highest BCUT2D eigenvalue weighted by molar-refractivity contribution is 7.91. The number of ether oxygens (including phenoxy) is 2. The topological polar surface area (TPSA) is 81.7 Å². The second kappa shape index (κ2) is 6.70. The molecule has 8 heteroatoms. The second-order valence-electron chi connectivity index (χ2n) is 5.25. The molecule has 1 atom stereocenters. The SMILES string of the molecule is O=C1N[C@H](CS(=O)(=O)c2ccc(Oc3ccc(Cl)cc3)cc2)CO1. The first-order valence-corrected chi connectivity index (χ1v) is 9.15. The maximum atomic E-state index is 12.3. The number of hydrogen-bond acceptors (Lipinski definition) is 5. The molecule has 1 amide bonds. The Morgan fingerprint density at radius 1 is 1.08 bits per heavy atom. The minimum absolute atomic E-state index is 0.0514. The molecule has 1 saturated heterocycles. The first kappa shape index (κ1) is 16.6. The number of carbonyl (C=O) groups excluding carboxylic acids is 1. The van der Waals surface area contributed by atoms with Crippen LogP contribution < -0.4 is 10.1 Å². The number of sulfone groups is 1. The van der Waals surface area contributed by atoms with Crippen molar-refractivity contribution in [1.82, 2.24) is 5.32 Å². The molecule has 0 unspecified atom stereocenters. The van der Waals surface area contributed by atoms with Crippen LogP contribution in [0.3, 0.4) is 0 Å². The molecule has 6 nitrogen and oxygen atoms in total. The van der Waals surface area contributed by atoms with Gasteiger partial charge in [-0.3, -0.25) is 0 Å². The highest BCUT2D eigenvalue weighted by atomic mass is 35.5. The summed E-state index contributed by atoms with van der Waals surface area (Å²) in [6.07, 6.45) is -0.595. The van der Waals surface area contributed by atoms with E-state index in [1.165, 1.54) is 12.1 Å². The van der Waals surface area contributed by atoms with Gasteiger partial charge in [-0.05, 0) is 48.5 Å². The molecule has 1 aliphatic rings. The zero-order chi connectivity index (χ0) is 17.2. The highest BCUT2D eigenvalue weighted by Gasteiger charge is 2.28. The molecule has 0 aromatic heterocycles. The number of nitrogens with one attached hydrogen (secondary N) is 1. The van der Waals surface area contributed by atoms with Crippen molar-refractivity contribution in [3.05, 3.63) is 53.6 Å². The lowest BCUT2D eigenvalue weighted by Gasteiger charge is -2.10. The molecule has 24 heavy (non-hydrogen) atoms. The van der Waals surface area contributed by atoms with Gasteiger partial charge in [0.05, 0.1) is 16.7 Å². The molecule has 2 aromatic rings. The molecule has 1 N–H and O–H groups in total. The van der Waals surface area contributed by atoms with Crippen LogP contribution in [0.5, 0.6) is 11.5 Å². The van der Waals surface area contributed by atoms with E-state index in [-0.39, 0.29) is 17.3 Å². The largest absolute Gasteiger partial charge is 0.457 e. The number of rotatable bonds is 5. The number of alkyl carbamates (subject to hydrolysis) is 1. The number of cyclic esters (lactones) is 1. The van der Waals surface area contributed by atoms with Crippen LogP contribution >= 0.6 is 11.6 Å². The monoisotopic (exact) mass is 367 g/mol. The molecule has 1 fully saturated rings. The van der Waals surface area contributed by atoms with E-state index in [1.54, 1.807) is 36.4 Å². The van der Waals surface area contributed by atoms with Crippen molar-refractivity contribution in [1.29, 1.82) is 0 Å². The third-order valence-electron chi connectivity index (χ3n) is 3.39. The predicted octanol–water partition coefficient (Wildman–Crippen LogP) is 3.01. The Morgan fingerprint density at radius 3 is 2.21 bits per heavy atom. The summed E-state index contributed by atoms with van der Waals surface area (Å²) in [5.74, 6) is 0.894. The van der Waals surface area contributed by atoms with E-state index in [2.05, 4.69) is 5.32 Å². The van der Waals surface area contributed by atoms with Gasteiger partial charge in [-0.15, -0.1) is 0 Å². The Morgan fingerprint density at radius 2 is 1.67 bits per heavy atom. The number of halogens is 1. The van der Waals surface area contributed by atoms with Crippen LogP contribution in [-0.4, -0.2) is 32.9 Å². The van der Waals surface area contributed by atoms with Crippen LogP contribution in [0.15, 0.2) is 53.4 Å². The summed E-state index contributed by atoms with van der Waals surface area (Å²) in [6.45, 7) is 0.0514. The summed E-state index contributed by atoms with van der Waals surface area (Å²) in [5.41, 5.74) is 0. The number of carbonyl (C=O) groups is 1. The van der Waals surface area contributed by atoms with Crippen molar-refractivity contribution in [3.63, 3.8) is 0 Å². The quantitative estimate of drug-likeness (QED) is 0.878. The molecule has 2 aromatic carbocycles. The number of hydrogen-bond donors (Lipinski definition) is 1. The molecular formula is C16H14ClNO5S. The normalized spacial score (nSPS) is 17.2. The van der Waals surface area contributed by atoms with E-state index in [0.29, 0.717) is 16.5 Å². The van der Waals surface area contributed by atoms with E-state index in [9.17, 15) is 13.2 Å². The van der Waals surface area contributed by atoms with Crippen molar-refractivity contribution in [3.8, 4) is 11.5 Å². The summed E-state index contributed by atoms with van der Waals surface area (Å²) < 4.78 is 35.0. The molecule has 0 saturated carbocycles. The van der Waals surface area contributed by atoms with Crippen molar-refractivity contribution in [2.75, 3.05) is 12.4 Å². The number of benzene rings is 2. The van der Waals surface area contributed by atoms with Gasteiger partial charge in [0.15, 0.2) is 9.84 Å². The maximum Gasteiger partial charge on any atom is 0.407 e. The fraction of sp³-hybridized carbons (Fsp3) is 0.188. The van der Waals surface area contributed by atoms with Gasteiger partial charge in [0, 0.05) is 5.02 Å². The molecular weight excluding hydrogens is 354 g/mol. The summed E-state index contributed by atoms with van der Waals surface area (Å²) in [7, 11) is -3.53. The van der Waals surface area contributed by atoms with Crippen molar-refractivity contribution < 1.29 is 22.7 Å². The van der Waals surface area contributed by atoms with Gasteiger partial charge in [-0.25, -0.2) is 13.2 Å². The molecule has 0 aliphatic carbocycles. The molecule has 0 spiro atoms. The molecule has 1 heterocycles. The van der Waals surface area contributed by atoms with Gasteiger partial charge in [0.2, 0.25) is 0 Å². The van der Waals surface area contributed by atoms with Gasteiger partial charge >= 0.3 is 6.09 Å². The third-order valence-corrected chi connectivity index (χ3v) is 5.47. The van der Waals surface area contributed by atoms with Crippen LogP contribution in [0.2, 0.25) is 5.02 Å². The molecule has 126 valence electrons. The fourth-order valence-electron chi connectivity index (χ4n) is 2.23. The molecule has 0 bridgehead atoms. The lowest BCUT2D eigenvalue weighted by Crippen LogP contribution is -2.33. The summed E-state index contributed by atoms with van der Waals surface area (Å²) in [4.78, 5) is 11.1. The minimum Gasteiger partial charge on any atom is -0.457 e. The zero-order valence-corrected chi connectivity index (χ0v) is 14.0. The summed E-state index contributed by atoms with van der Waals surface area (Å²) in [6, 6.07) is 12.4. The Balaban J connectivity index is 1.69. The first-order chi connectivity index (χ1) is 11.4. The Bertz CT molecular complexity index is 834. The lowest BCUT2D eigenvalue weighted by molar-refractivity contribution is 0.177. The van der Waals surface area contributed by atoms with Gasteiger partial charge in [-0.2, -0.15) is 0 Å². The minimum atomic E-state index is -3.53. The van der Waals surface area contributed by atoms with Gasteiger partial charge in [-0.1, -0.05) is 11.6 Å². The predicted molar refractivity (Wildman–Crippen MR) is 88.3 cm³/mol. The van der Waals surface area contributed by atoms with E-state index in [1.807, 2.05) is 0 Å². The van der Waals surface area contributed by atoms with Crippen LogP contribution in [0, 0.1) is 0 Å². The molecule has 3 rings (SSSR count). The van der Waals surface area contributed by atoms with Crippen LogP contribution in [0.25, 0.3) is 0 Å². The van der Waals surface area contributed by atoms with E-state index in [4.69, 9.17) is 21.1 Å². The smallest absolute Gasteiger partial charge is 0.407 e. The second-order valence-corrected chi connectivity index (χ2v) is 7.72. The van der Waals surface area contributed by atoms with E-state index >= 15 is 0 Å². The van der Waals surface area contributed by atoms with Crippen LogP contribution in [0.4, 0.5) is 4.79 Å². The molecule has 0 radical (unpaired) electrons. The molecule has 1 aliphatic heterocycles. The standard InChI is InChI=1S/C16H14ClNO5S/c17-11-1-3-13(4-2-11)23-14-5-7-15(8-6-14)24(20,21)10-12-9-22-16(19)18-12/h1-8,12H,9-10H2,(H,18,19)/t12-/m0/s1. The zero-order valence-electron chi connectivity index (χ0n) is 12.4. The van der Waals surface area contributed by atoms with E-state index < -0.39 is 22.0 Å². The Labute approximate surface area is 144 Å². The summed E-state index contributed by atoms with van der Waals surface area (Å²) >= 11 is 5.81. The average Bonchev–Trinajstić information content (AvgIpc) is 2.94. The van der Waals surface area contributed by atoms with Crippen molar-refractivity contribution >= 4 is 27.5 Å². The number of amides is 1. The summed E-state index contributed by atoms with van der Waals surface area (Å²) in [5, 5.41) is 3.06. The van der Waals surface area contributed by atoms with Crippen LogP contribution in [-0.2, 0) is 14.6 Å². The Kier molecular flexibility index (Phi) is 4.64. The maximum absolute atomic E-state index is 12.3. The van der Waals surface area contributed by atoms with Crippen molar-refractivity contribution in [2.45, 2.75) is 10.9 Å². The van der Waals surface area contributed by atoms with Gasteiger partial charge in [0.25, 0.3) is 0 Å². The van der Waals surface area contributed by atoms with E-state index in [0.717, 1.165) is 0 Å². The highest BCUT2D eigenvalue weighted by Crippen LogP contribution is 2.25. The average molecular weight is 368 g/mol. The third kappa shape index (κ3) is 3.98. The van der Waals surface area contributed by atoms with Crippen LogP contribution in [0.1, 0.15) is 0 Å². The fourth-order valence-corrected chi connectivity index (χ4v) is 3.81. The van der Waals surface area contributed by atoms with Gasteiger partial charge in [0.1, 0.15) is 18.1 Å². The lowest BCUT2D eigenvalue weighted by atomic mass is 10.3. The Hall–Kier alpha value is -2.25. The van der Waals surface area contributed by atoms with Gasteiger partial charge < -0.3 is 14.8 Å².